The van der Waals surface area contributed by atoms with Crippen molar-refractivity contribution in [1.29, 1.82) is 0 Å². The molecule has 0 unspecified atom stereocenters. The third-order valence-corrected chi connectivity index (χ3v) is 3.99. The number of hydrogen-bond donors (Lipinski definition) is 0. The molecule has 0 N–H and O–H groups in total. The summed E-state index contributed by atoms with van der Waals surface area (Å²) in [7, 11) is 1.37. The number of nitrogens with zero attached hydrogens (tertiary/aromatic N) is 4. The van der Waals surface area contributed by atoms with E-state index in [1.54, 1.807) is 6.20 Å². The molecule has 0 atom stereocenters. The largest absolute Gasteiger partial charge is 0.468 e. The highest BCUT2D eigenvalue weighted by Gasteiger charge is 2.17. The van der Waals surface area contributed by atoms with Gasteiger partial charge < -0.3 is 4.74 Å². The summed E-state index contributed by atoms with van der Waals surface area (Å²) in [6, 6.07) is 15.3. The summed E-state index contributed by atoms with van der Waals surface area (Å²) in [6.45, 7) is 0. The van der Waals surface area contributed by atoms with Crippen LogP contribution in [0, 0.1) is 0 Å². The van der Waals surface area contributed by atoms with E-state index in [0.717, 1.165) is 5.69 Å². The molecule has 0 saturated heterocycles. The van der Waals surface area contributed by atoms with Crippen LogP contribution >= 0.6 is 11.8 Å². The lowest BCUT2D eigenvalue weighted by molar-refractivity contribution is -0.137. The molecule has 3 rings (SSSR count). The molecule has 23 heavy (non-hydrogen) atoms. The lowest BCUT2D eigenvalue weighted by Gasteiger charge is -2.09. The third kappa shape index (κ3) is 3.40. The molecule has 116 valence electrons. The topological polar surface area (TPSA) is 69.9 Å². The van der Waals surface area contributed by atoms with E-state index >= 15 is 0 Å². The lowest BCUT2D eigenvalue weighted by atomic mass is 10.3. The minimum atomic E-state index is -0.308. The number of rotatable bonds is 5. The minimum absolute atomic E-state index is 0.170. The fourth-order valence-electron chi connectivity index (χ4n) is 2.02. The first-order chi connectivity index (χ1) is 11.3. The third-order valence-electron chi connectivity index (χ3n) is 3.09. The standard InChI is InChI=1S/C16H14N4O2S/c1-22-14(21)11-23-16-19-18-15(13-9-5-6-10-17-13)20(16)12-7-3-2-4-8-12/h2-10H,11H2,1H3. The molecule has 2 aromatic heterocycles. The zero-order chi connectivity index (χ0) is 16.1. The normalized spacial score (nSPS) is 10.5. The van der Waals surface area contributed by atoms with Crippen LogP contribution < -0.4 is 0 Å². The fraction of sp³-hybridized carbons (Fsp3) is 0.125. The second-order valence-corrected chi connectivity index (χ2v) is 5.50. The molecule has 0 spiro atoms. The van der Waals surface area contributed by atoms with E-state index in [4.69, 9.17) is 0 Å². The van der Waals surface area contributed by atoms with Gasteiger partial charge in [-0.25, -0.2) is 0 Å². The van der Waals surface area contributed by atoms with Crippen molar-refractivity contribution in [2.24, 2.45) is 0 Å². The smallest absolute Gasteiger partial charge is 0.316 e. The maximum atomic E-state index is 11.4. The lowest BCUT2D eigenvalue weighted by Crippen LogP contribution is -2.05. The summed E-state index contributed by atoms with van der Waals surface area (Å²) in [5.74, 6) is 0.491. The number of carbonyl (C=O) groups is 1. The Hall–Kier alpha value is -2.67. The minimum Gasteiger partial charge on any atom is -0.468 e. The zero-order valence-corrected chi connectivity index (χ0v) is 13.2. The highest BCUT2D eigenvalue weighted by atomic mass is 32.2. The molecule has 2 heterocycles. The maximum absolute atomic E-state index is 11.4. The highest BCUT2D eigenvalue weighted by molar-refractivity contribution is 7.99. The first-order valence-electron chi connectivity index (χ1n) is 6.91. The number of carbonyl (C=O) groups excluding carboxylic acids is 1. The average molecular weight is 326 g/mol. The van der Waals surface area contributed by atoms with E-state index in [9.17, 15) is 4.79 Å². The van der Waals surface area contributed by atoms with Gasteiger partial charge in [-0.05, 0) is 24.3 Å². The van der Waals surface area contributed by atoms with Gasteiger partial charge in [0, 0.05) is 11.9 Å². The Morgan fingerprint density at radius 3 is 2.61 bits per heavy atom. The van der Waals surface area contributed by atoms with Crippen LogP contribution in [0.1, 0.15) is 0 Å². The number of para-hydroxylation sites is 1. The van der Waals surface area contributed by atoms with E-state index < -0.39 is 0 Å². The number of esters is 1. The second kappa shape index (κ2) is 7.06. The van der Waals surface area contributed by atoms with Crippen LogP contribution in [0.4, 0.5) is 0 Å². The summed E-state index contributed by atoms with van der Waals surface area (Å²) in [6.07, 6.45) is 1.71. The fourth-order valence-corrected chi connectivity index (χ4v) is 2.80. The molecule has 1 aromatic carbocycles. The van der Waals surface area contributed by atoms with E-state index in [1.165, 1.54) is 18.9 Å². The number of ether oxygens (including phenoxy) is 1. The van der Waals surface area contributed by atoms with Gasteiger partial charge in [0.1, 0.15) is 5.69 Å². The first-order valence-corrected chi connectivity index (χ1v) is 7.90. The van der Waals surface area contributed by atoms with Crippen molar-refractivity contribution in [2.45, 2.75) is 5.16 Å². The predicted molar refractivity (Wildman–Crippen MR) is 87.3 cm³/mol. The number of benzene rings is 1. The quantitative estimate of drug-likeness (QED) is 0.530. The molecule has 0 amide bonds. The number of thioether (sulfide) groups is 1. The summed E-state index contributed by atoms with van der Waals surface area (Å²) in [4.78, 5) is 15.7. The van der Waals surface area contributed by atoms with Gasteiger partial charge in [-0.3, -0.25) is 14.3 Å². The Labute approximate surface area is 137 Å². The molecule has 0 fully saturated rings. The first kappa shape index (κ1) is 15.2. The van der Waals surface area contributed by atoms with Crippen LogP contribution in [0.25, 0.3) is 17.2 Å². The van der Waals surface area contributed by atoms with Crippen LogP contribution in [0.3, 0.4) is 0 Å². The summed E-state index contributed by atoms with van der Waals surface area (Å²) < 4.78 is 6.56. The number of aromatic nitrogens is 4. The number of hydrogen-bond acceptors (Lipinski definition) is 6. The van der Waals surface area contributed by atoms with Gasteiger partial charge in [0.2, 0.25) is 0 Å². The Morgan fingerprint density at radius 2 is 1.91 bits per heavy atom. The van der Waals surface area contributed by atoms with Crippen molar-refractivity contribution in [3.05, 3.63) is 54.7 Å². The van der Waals surface area contributed by atoms with Gasteiger partial charge in [0.15, 0.2) is 11.0 Å². The molecule has 3 aromatic rings. The van der Waals surface area contributed by atoms with Crippen molar-refractivity contribution in [3.8, 4) is 17.2 Å². The molecule has 6 nitrogen and oxygen atoms in total. The molecular formula is C16H14N4O2S. The molecule has 0 radical (unpaired) electrons. The van der Waals surface area contributed by atoms with Crippen molar-refractivity contribution in [3.63, 3.8) is 0 Å². The van der Waals surface area contributed by atoms with Crippen molar-refractivity contribution in [2.75, 3.05) is 12.9 Å². The van der Waals surface area contributed by atoms with E-state index in [0.29, 0.717) is 16.7 Å². The molecule has 0 aliphatic carbocycles. The molecule has 0 aliphatic rings. The number of methoxy groups -OCH3 is 1. The molecule has 7 heteroatoms. The SMILES string of the molecule is COC(=O)CSc1nnc(-c2ccccn2)n1-c1ccccc1. The van der Waals surface area contributed by atoms with Gasteiger partial charge in [-0.1, -0.05) is 36.0 Å². The van der Waals surface area contributed by atoms with Crippen molar-refractivity contribution in [1.82, 2.24) is 19.7 Å². The monoisotopic (exact) mass is 326 g/mol. The number of pyridine rings is 1. The van der Waals surface area contributed by atoms with E-state index in [2.05, 4.69) is 19.9 Å². The Kier molecular flexibility index (Phi) is 4.68. The van der Waals surface area contributed by atoms with Crippen LogP contribution in [0.5, 0.6) is 0 Å². The maximum Gasteiger partial charge on any atom is 0.316 e. The van der Waals surface area contributed by atoms with Crippen LogP contribution in [-0.4, -0.2) is 38.6 Å². The van der Waals surface area contributed by atoms with Crippen LogP contribution in [-0.2, 0) is 9.53 Å². The second-order valence-electron chi connectivity index (χ2n) is 4.56. The zero-order valence-electron chi connectivity index (χ0n) is 12.4. The van der Waals surface area contributed by atoms with E-state index in [1.807, 2.05) is 53.1 Å². The predicted octanol–water partition coefficient (Wildman–Crippen LogP) is 2.59. The summed E-state index contributed by atoms with van der Waals surface area (Å²) in [5, 5.41) is 9.06. The molecule has 0 aliphatic heterocycles. The van der Waals surface area contributed by atoms with Gasteiger partial charge in [0.25, 0.3) is 0 Å². The van der Waals surface area contributed by atoms with E-state index in [-0.39, 0.29) is 11.7 Å². The summed E-state index contributed by atoms with van der Waals surface area (Å²) >= 11 is 1.28. The van der Waals surface area contributed by atoms with Crippen LogP contribution in [0.2, 0.25) is 0 Å². The van der Waals surface area contributed by atoms with Gasteiger partial charge in [-0.2, -0.15) is 0 Å². The summed E-state index contributed by atoms with van der Waals surface area (Å²) in [5.41, 5.74) is 1.62. The average Bonchev–Trinajstić information content (AvgIpc) is 3.05. The molecular weight excluding hydrogens is 312 g/mol. The van der Waals surface area contributed by atoms with Crippen molar-refractivity contribution < 1.29 is 9.53 Å². The van der Waals surface area contributed by atoms with Gasteiger partial charge in [0.05, 0.1) is 12.9 Å². The van der Waals surface area contributed by atoms with Crippen molar-refractivity contribution >= 4 is 17.7 Å². The van der Waals surface area contributed by atoms with Gasteiger partial charge >= 0.3 is 5.97 Å². The molecule has 0 bridgehead atoms. The van der Waals surface area contributed by atoms with Gasteiger partial charge in [-0.15, -0.1) is 10.2 Å². The Balaban J connectivity index is 2.04. The Morgan fingerprint density at radius 1 is 1.13 bits per heavy atom. The van der Waals surface area contributed by atoms with Crippen LogP contribution in [0.15, 0.2) is 59.9 Å². The highest BCUT2D eigenvalue weighted by Crippen LogP contribution is 2.26. The Bertz CT molecular complexity index is 790. The molecule has 0 saturated carbocycles.